The Bertz CT molecular complexity index is 932. The molecule has 0 spiro atoms. The smallest absolute Gasteiger partial charge is 0.160 e. The first-order valence-electron chi connectivity index (χ1n) is 8.37. The Morgan fingerprint density at radius 3 is 2.56 bits per heavy atom. The van der Waals surface area contributed by atoms with Crippen LogP contribution in [-0.2, 0) is 4.74 Å². The zero-order chi connectivity index (χ0) is 17.6. The molecule has 1 saturated heterocycles. The molecule has 128 valence electrons. The van der Waals surface area contributed by atoms with Crippen LogP contribution in [0.3, 0.4) is 0 Å². The van der Waals surface area contributed by atoms with E-state index in [-0.39, 0.29) is 11.7 Å². The number of aliphatic hydroxyl groups excluding tert-OH is 1. The second-order valence-corrected chi connectivity index (χ2v) is 6.67. The van der Waals surface area contributed by atoms with Gasteiger partial charge in [0, 0.05) is 10.9 Å². The van der Waals surface area contributed by atoms with Gasteiger partial charge in [-0.1, -0.05) is 6.07 Å². The van der Waals surface area contributed by atoms with Crippen molar-refractivity contribution >= 4 is 11.0 Å². The van der Waals surface area contributed by atoms with Crippen LogP contribution >= 0.6 is 0 Å². The number of aromatic hydroxyl groups is 1. The minimum atomic E-state index is -0.531. The largest absolute Gasteiger partial charge is 0.507 e. The van der Waals surface area contributed by atoms with Crippen molar-refractivity contribution in [2.75, 3.05) is 13.2 Å². The second kappa shape index (κ2) is 6.10. The van der Waals surface area contributed by atoms with Crippen molar-refractivity contribution in [2.45, 2.75) is 25.9 Å². The third-order valence-electron chi connectivity index (χ3n) is 4.72. The molecule has 0 unspecified atom stereocenters. The molecule has 0 radical (unpaired) electrons. The lowest BCUT2D eigenvalue weighted by atomic mass is 10.00. The second-order valence-electron chi connectivity index (χ2n) is 6.67. The minimum Gasteiger partial charge on any atom is -0.507 e. The number of phenols is 1. The predicted molar refractivity (Wildman–Crippen MR) is 95.7 cm³/mol. The number of nitrogens with zero attached hydrogens (tertiary/aromatic N) is 2. The summed E-state index contributed by atoms with van der Waals surface area (Å²) in [5, 5.41) is 21.3. The lowest BCUT2D eigenvalue weighted by molar-refractivity contribution is 0.124. The number of rotatable bonds is 2. The molecule has 25 heavy (non-hydrogen) atoms. The Labute approximate surface area is 145 Å². The van der Waals surface area contributed by atoms with Gasteiger partial charge in [0.2, 0.25) is 0 Å². The molecule has 3 aromatic rings. The summed E-state index contributed by atoms with van der Waals surface area (Å²) in [6.45, 7) is 4.72. The highest BCUT2D eigenvalue weighted by Crippen LogP contribution is 2.33. The summed E-state index contributed by atoms with van der Waals surface area (Å²) in [6.07, 6.45) is -0.531. The van der Waals surface area contributed by atoms with Crippen molar-refractivity contribution in [3.63, 3.8) is 0 Å². The molecule has 5 heteroatoms. The molecule has 0 amide bonds. The molecule has 1 fully saturated rings. The number of aryl methyl sites for hydroxylation is 2. The van der Waals surface area contributed by atoms with E-state index in [1.54, 1.807) is 6.07 Å². The van der Waals surface area contributed by atoms with Gasteiger partial charge in [-0.2, -0.15) is 0 Å². The maximum absolute atomic E-state index is 10.3. The van der Waals surface area contributed by atoms with Crippen LogP contribution in [0.5, 0.6) is 5.75 Å². The van der Waals surface area contributed by atoms with Crippen LogP contribution < -0.4 is 0 Å². The van der Waals surface area contributed by atoms with Crippen molar-refractivity contribution in [3.8, 4) is 17.0 Å². The molecule has 0 saturated carbocycles. The van der Waals surface area contributed by atoms with Crippen LogP contribution in [0, 0.1) is 13.8 Å². The van der Waals surface area contributed by atoms with Gasteiger partial charge in [0.15, 0.2) is 5.65 Å². The van der Waals surface area contributed by atoms with E-state index in [0.717, 1.165) is 27.8 Å². The molecule has 2 aromatic heterocycles. The highest BCUT2D eigenvalue weighted by Gasteiger charge is 2.29. The molecule has 1 aliphatic heterocycles. The molecular formula is C20H20N2O3. The highest BCUT2D eigenvalue weighted by molar-refractivity contribution is 5.81. The van der Waals surface area contributed by atoms with E-state index in [1.807, 2.05) is 44.2 Å². The number of ether oxygens (including phenoxy) is 1. The summed E-state index contributed by atoms with van der Waals surface area (Å²) in [5.41, 5.74) is 4.79. The Balaban J connectivity index is 1.82. The minimum absolute atomic E-state index is 0.121. The number of pyridine rings is 2. The van der Waals surface area contributed by atoms with Crippen LogP contribution in [0.25, 0.3) is 22.3 Å². The highest BCUT2D eigenvalue weighted by atomic mass is 16.5. The monoisotopic (exact) mass is 336 g/mol. The molecule has 4 rings (SSSR count). The van der Waals surface area contributed by atoms with Crippen molar-refractivity contribution in [1.29, 1.82) is 0 Å². The standard InChI is InChI=1S/C20H20N2O3/c1-11-7-12(2)19(17(23)8-11)16-6-4-13-3-5-15(21-20(13)22-16)14-9-25-10-18(14)24/h3-8,14,18,23-24H,9-10H2,1-2H3/t14-,18+/m0/s1. The van der Waals surface area contributed by atoms with Crippen LogP contribution in [-0.4, -0.2) is 39.5 Å². The topological polar surface area (TPSA) is 75.5 Å². The van der Waals surface area contributed by atoms with Gasteiger partial charge in [-0.25, -0.2) is 9.97 Å². The molecule has 5 nitrogen and oxygen atoms in total. The number of hydrogen-bond donors (Lipinski definition) is 2. The van der Waals surface area contributed by atoms with Crippen LogP contribution in [0.1, 0.15) is 22.7 Å². The van der Waals surface area contributed by atoms with Crippen LogP contribution in [0.15, 0.2) is 36.4 Å². The molecule has 1 aromatic carbocycles. The van der Waals surface area contributed by atoms with E-state index in [4.69, 9.17) is 4.74 Å². The lowest BCUT2D eigenvalue weighted by Crippen LogP contribution is -2.16. The number of aliphatic hydroxyl groups is 1. The molecular weight excluding hydrogens is 316 g/mol. The molecule has 1 aliphatic rings. The number of fused-ring (bicyclic) bond motifs is 1. The van der Waals surface area contributed by atoms with E-state index < -0.39 is 6.10 Å². The first kappa shape index (κ1) is 16.0. The Hall–Kier alpha value is -2.50. The Morgan fingerprint density at radius 2 is 1.84 bits per heavy atom. The summed E-state index contributed by atoms with van der Waals surface area (Å²) < 4.78 is 5.33. The van der Waals surface area contributed by atoms with E-state index in [9.17, 15) is 10.2 Å². The molecule has 2 atom stereocenters. The third-order valence-corrected chi connectivity index (χ3v) is 4.72. The molecule has 0 bridgehead atoms. The first-order chi connectivity index (χ1) is 12.0. The summed E-state index contributed by atoms with van der Waals surface area (Å²) >= 11 is 0. The zero-order valence-corrected chi connectivity index (χ0v) is 14.2. The first-order valence-corrected chi connectivity index (χ1v) is 8.37. The Morgan fingerprint density at radius 1 is 1.04 bits per heavy atom. The summed E-state index contributed by atoms with van der Waals surface area (Å²) in [6, 6.07) is 11.5. The van der Waals surface area contributed by atoms with Gasteiger partial charge < -0.3 is 14.9 Å². The van der Waals surface area contributed by atoms with Gasteiger partial charge >= 0.3 is 0 Å². The Kier molecular flexibility index (Phi) is 3.90. The van der Waals surface area contributed by atoms with E-state index in [1.165, 1.54) is 0 Å². The van der Waals surface area contributed by atoms with Gasteiger partial charge in [0.25, 0.3) is 0 Å². The maximum atomic E-state index is 10.3. The van der Waals surface area contributed by atoms with Crippen LogP contribution in [0.4, 0.5) is 0 Å². The number of hydrogen-bond acceptors (Lipinski definition) is 5. The fraction of sp³-hybridized carbons (Fsp3) is 0.300. The molecule has 0 aliphatic carbocycles. The van der Waals surface area contributed by atoms with Gasteiger partial charge in [0.1, 0.15) is 5.75 Å². The molecule has 2 N–H and O–H groups in total. The molecule has 3 heterocycles. The van der Waals surface area contributed by atoms with Gasteiger partial charge in [-0.3, -0.25) is 0 Å². The van der Waals surface area contributed by atoms with Crippen molar-refractivity contribution < 1.29 is 14.9 Å². The van der Waals surface area contributed by atoms with Crippen molar-refractivity contribution in [3.05, 3.63) is 53.2 Å². The van der Waals surface area contributed by atoms with Crippen molar-refractivity contribution in [1.82, 2.24) is 9.97 Å². The van der Waals surface area contributed by atoms with E-state index in [0.29, 0.717) is 24.6 Å². The van der Waals surface area contributed by atoms with Gasteiger partial charge in [0.05, 0.1) is 36.6 Å². The zero-order valence-electron chi connectivity index (χ0n) is 14.2. The number of aromatic nitrogens is 2. The van der Waals surface area contributed by atoms with E-state index >= 15 is 0 Å². The average molecular weight is 336 g/mol. The predicted octanol–water partition coefficient (Wildman–Crippen LogP) is 3.09. The van der Waals surface area contributed by atoms with Gasteiger partial charge in [-0.05, 0) is 55.3 Å². The van der Waals surface area contributed by atoms with E-state index in [2.05, 4.69) is 9.97 Å². The van der Waals surface area contributed by atoms with Crippen LogP contribution in [0.2, 0.25) is 0 Å². The SMILES string of the molecule is Cc1cc(C)c(-c2ccc3ccc([C@@H]4COC[C@H]4O)nc3n2)c(O)c1. The normalized spacial score (nSPS) is 20.3. The quantitative estimate of drug-likeness (QED) is 0.752. The third kappa shape index (κ3) is 2.86. The summed E-state index contributed by atoms with van der Waals surface area (Å²) in [4.78, 5) is 9.30. The summed E-state index contributed by atoms with van der Waals surface area (Å²) in [5.74, 6) is 0.101. The average Bonchev–Trinajstić information content (AvgIpc) is 2.99. The maximum Gasteiger partial charge on any atom is 0.160 e. The number of benzene rings is 1. The lowest BCUT2D eigenvalue weighted by Gasteiger charge is -2.13. The number of phenolic OH excluding ortho intramolecular Hbond substituents is 1. The summed E-state index contributed by atoms with van der Waals surface area (Å²) in [7, 11) is 0. The van der Waals surface area contributed by atoms with Crippen molar-refractivity contribution in [2.24, 2.45) is 0 Å². The van der Waals surface area contributed by atoms with Gasteiger partial charge in [-0.15, -0.1) is 0 Å². The fourth-order valence-electron chi connectivity index (χ4n) is 3.46. The fourth-order valence-corrected chi connectivity index (χ4v) is 3.46.